The summed E-state index contributed by atoms with van der Waals surface area (Å²) in [5.74, 6) is -0.104. The lowest BCUT2D eigenvalue weighted by Gasteiger charge is -2.27. The zero-order valence-corrected chi connectivity index (χ0v) is 13.4. The van der Waals surface area contributed by atoms with Gasteiger partial charge in [0.05, 0.1) is 0 Å². The Morgan fingerprint density at radius 1 is 1.16 bits per heavy atom. The Labute approximate surface area is 117 Å². The van der Waals surface area contributed by atoms with Crippen LogP contribution in [0, 0.1) is 11.8 Å². The molecule has 0 radical (unpaired) electrons. The highest BCUT2D eigenvalue weighted by atomic mass is 16.6. The smallest absolute Gasteiger partial charge is 0.329 e. The Hall–Kier alpha value is -1.06. The van der Waals surface area contributed by atoms with Crippen molar-refractivity contribution < 1.29 is 14.3 Å². The van der Waals surface area contributed by atoms with Gasteiger partial charge in [0.2, 0.25) is 5.91 Å². The first-order valence-corrected chi connectivity index (χ1v) is 7.09. The first kappa shape index (κ1) is 17.9. The quantitative estimate of drug-likeness (QED) is 0.756. The van der Waals surface area contributed by atoms with E-state index in [0.29, 0.717) is 6.42 Å². The number of ether oxygens (including phenoxy) is 1. The normalized spacial score (nSPS) is 14.9. The van der Waals surface area contributed by atoms with Crippen LogP contribution < -0.4 is 5.32 Å². The summed E-state index contributed by atoms with van der Waals surface area (Å²) in [6.45, 7) is 13.4. The largest absolute Gasteiger partial charge is 0.458 e. The van der Waals surface area contributed by atoms with Gasteiger partial charge in [-0.1, -0.05) is 34.1 Å². The van der Waals surface area contributed by atoms with Gasteiger partial charge >= 0.3 is 5.97 Å². The van der Waals surface area contributed by atoms with E-state index in [4.69, 9.17) is 4.74 Å². The molecule has 0 aromatic heterocycles. The van der Waals surface area contributed by atoms with Crippen LogP contribution in [0.4, 0.5) is 0 Å². The van der Waals surface area contributed by atoms with Crippen molar-refractivity contribution in [3.8, 4) is 0 Å². The lowest BCUT2D eigenvalue weighted by atomic mass is 9.98. The van der Waals surface area contributed by atoms with Crippen molar-refractivity contribution in [3.05, 3.63) is 0 Å². The number of hydrogen-bond donors (Lipinski definition) is 1. The van der Waals surface area contributed by atoms with E-state index in [9.17, 15) is 9.59 Å². The molecule has 0 aliphatic heterocycles. The van der Waals surface area contributed by atoms with Gasteiger partial charge in [-0.15, -0.1) is 0 Å². The molecule has 0 aromatic carbocycles. The SMILES string of the molecule is CC[C@H](C)[C@H](NC(=O)CC(C)C)C(=O)OC(C)(C)C. The predicted octanol–water partition coefficient (Wildman–Crippen LogP) is 2.91. The van der Waals surface area contributed by atoms with Gasteiger partial charge in [-0.25, -0.2) is 4.79 Å². The molecule has 0 heterocycles. The van der Waals surface area contributed by atoms with Crippen LogP contribution in [0.5, 0.6) is 0 Å². The highest BCUT2D eigenvalue weighted by Gasteiger charge is 2.30. The van der Waals surface area contributed by atoms with E-state index in [1.807, 2.05) is 48.5 Å². The molecule has 0 rings (SSSR count). The molecule has 0 spiro atoms. The first-order chi connectivity index (χ1) is 8.56. The lowest BCUT2D eigenvalue weighted by Crippen LogP contribution is -2.48. The van der Waals surface area contributed by atoms with Gasteiger partial charge in [-0.05, 0) is 32.6 Å². The highest BCUT2D eigenvalue weighted by Crippen LogP contribution is 2.15. The van der Waals surface area contributed by atoms with Gasteiger partial charge in [0, 0.05) is 6.42 Å². The summed E-state index contributed by atoms with van der Waals surface area (Å²) in [5, 5.41) is 2.81. The third-order valence-corrected chi connectivity index (χ3v) is 2.78. The monoisotopic (exact) mass is 271 g/mol. The average Bonchev–Trinajstić information content (AvgIpc) is 2.21. The topological polar surface area (TPSA) is 55.4 Å². The molecule has 0 aliphatic rings. The molecule has 4 heteroatoms. The van der Waals surface area contributed by atoms with E-state index < -0.39 is 11.6 Å². The van der Waals surface area contributed by atoms with Gasteiger partial charge in [-0.3, -0.25) is 4.79 Å². The average molecular weight is 271 g/mol. The third kappa shape index (κ3) is 7.85. The molecule has 0 saturated carbocycles. The molecule has 0 unspecified atom stereocenters. The summed E-state index contributed by atoms with van der Waals surface area (Å²) in [4.78, 5) is 24.0. The number of esters is 1. The maximum Gasteiger partial charge on any atom is 0.329 e. The number of amides is 1. The van der Waals surface area contributed by atoms with Crippen LogP contribution in [0.2, 0.25) is 0 Å². The maximum atomic E-state index is 12.1. The summed E-state index contributed by atoms with van der Waals surface area (Å²) in [7, 11) is 0. The summed E-state index contributed by atoms with van der Waals surface area (Å²) in [5.41, 5.74) is -0.536. The van der Waals surface area contributed by atoms with Gasteiger partial charge in [-0.2, -0.15) is 0 Å². The molecule has 2 atom stereocenters. The molecular formula is C15H29NO3. The Bertz CT molecular complexity index is 305. The molecule has 0 aromatic rings. The first-order valence-electron chi connectivity index (χ1n) is 7.09. The number of hydrogen-bond acceptors (Lipinski definition) is 3. The molecule has 4 nitrogen and oxygen atoms in total. The standard InChI is InChI=1S/C15H29NO3/c1-8-11(4)13(14(18)19-15(5,6)7)16-12(17)9-10(2)3/h10-11,13H,8-9H2,1-7H3,(H,16,17)/t11-,13-/m0/s1. The molecule has 0 bridgehead atoms. The van der Waals surface area contributed by atoms with E-state index in [2.05, 4.69) is 5.32 Å². The molecule has 1 amide bonds. The summed E-state index contributed by atoms with van der Waals surface area (Å²) in [6.07, 6.45) is 1.24. The van der Waals surface area contributed by atoms with E-state index in [1.54, 1.807) is 0 Å². The van der Waals surface area contributed by atoms with Gasteiger partial charge in [0.25, 0.3) is 0 Å². The van der Waals surface area contributed by atoms with Crippen LogP contribution in [-0.4, -0.2) is 23.5 Å². The van der Waals surface area contributed by atoms with Crippen molar-refractivity contribution in [1.29, 1.82) is 0 Å². The van der Waals surface area contributed by atoms with E-state index in [0.717, 1.165) is 6.42 Å². The minimum Gasteiger partial charge on any atom is -0.458 e. The van der Waals surface area contributed by atoms with Crippen molar-refractivity contribution in [2.75, 3.05) is 0 Å². The second-order valence-corrected chi connectivity index (χ2v) is 6.56. The molecule has 0 aliphatic carbocycles. The number of carbonyl (C=O) groups is 2. The van der Waals surface area contributed by atoms with Crippen LogP contribution in [0.3, 0.4) is 0 Å². The van der Waals surface area contributed by atoms with Crippen molar-refractivity contribution in [2.24, 2.45) is 11.8 Å². The predicted molar refractivity (Wildman–Crippen MR) is 76.7 cm³/mol. The fourth-order valence-corrected chi connectivity index (χ4v) is 1.64. The zero-order valence-electron chi connectivity index (χ0n) is 13.4. The van der Waals surface area contributed by atoms with Crippen LogP contribution in [-0.2, 0) is 14.3 Å². The molecular weight excluding hydrogens is 242 g/mol. The fourth-order valence-electron chi connectivity index (χ4n) is 1.64. The lowest BCUT2D eigenvalue weighted by molar-refractivity contribution is -0.160. The Kier molecular flexibility index (Phi) is 7.09. The zero-order chi connectivity index (χ0) is 15.2. The molecule has 19 heavy (non-hydrogen) atoms. The minimum atomic E-state index is -0.560. The third-order valence-electron chi connectivity index (χ3n) is 2.78. The number of carbonyl (C=O) groups excluding carboxylic acids is 2. The van der Waals surface area contributed by atoms with E-state index in [1.165, 1.54) is 0 Å². The van der Waals surface area contributed by atoms with Crippen molar-refractivity contribution in [3.63, 3.8) is 0 Å². The minimum absolute atomic E-state index is 0.0611. The van der Waals surface area contributed by atoms with Crippen LogP contribution in [0.25, 0.3) is 0 Å². The highest BCUT2D eigenvalue weighted by molar-refractivity contribution is 5.84. The second kappa shape index (κ2) is 7.51. The van der Waals surface area contributed by atoms with Crippen molar-refractivity contribution >= 4 is 11.9 Å². The molecule has 0 fully saturated rings. The molecule has 0 saturated heterocycles. The van der Waals surface area contributed by atoms with Crippen molar-refractivity contribution in [2.45, 2.75) is 73.0 Å². The van der Waals surface area contributed by atoms with Crippen molar-refractivity contribution in [1.82, 2.24) is 5.32 Å². The fraction of sp³-hybridized carbons (Fsp3) is 0.867. The number of nitrogens with one attached hydrogen (secondary N) is 1. The Balaban J connectivity index is 4.73. The Morgan fingerprint density at radius 3 is 2.05 bits per heavy atom. The Morgan fingerprint density at radius 2 is 1.68 bits per heavy atom. The maximum absolute atomic E-state index is 12.1. The molecule has 112 valence electrons. The summed E-state index contributed by atoms with van der Waals surface area (Å²) < 4.78 is 5.38. The summed E-state index contributed by atoms with van der Waals surface area (Å²) >= 11 is 0. The van der Waals surface area contributed by atoms with Crippen LogP contribution >= 0.6 is 0 Å². The number of rotatable bonds is 6. The van der Waals surface area contributed by atoms with E-state index in [-0.39, 0.29) is 23.7 Å². The molecule has 1 N–H and O–H groups in total. The van der Waals surface area contributed by atoms with E-state index >= 15 is 0 Å². The van der Waals surface area contributed by atoms with Gasteiger partial charge in [0.1, 0.15) is 11.6 Å². The van der Waals surface area contributed by atoms with Gasteiger partial charge in [0.15, 0.2) is 0 Å². The summed E-state index contributed by atoms with van der Waals surface area (Å²) in [6, 6.07) is -0.560. The van der Waals surface area contributed by atoms with Gasteiger partial charge < -0.3 is 10.1 Å². The van der Waals surface area contributed by atoms with Crippen LogP contribution in [0.1, 0.15) is 61.3 Å². The van der Waals surface area contributed by atoms with Crippen LogP contribution in [0.15, 0.2) is 0 Å². The second-order valence-electron chi connectivity index (χ2n) is 6.56.